The van der Waals surface area contributed by atoms with Gasteiger partial charge in [-0.1, -0.05) is 12.1 Å². The van der Waals surface area contributed by atoms with Crippen LogP contribution in [0.25, 0.3) is 6.08 Å². The average Bonchev–Trinajstić information content (AvgIpc) is 2.84. The molecule has 124 valence electrons. The Morgan fingerprint density at radius 1 is 0.920 bits per heavy atom. The summed E-state index contributed by atoms with van der Waals surface area (Å²) in [5.74, 6) is -3.49. The van der Waals surface area contributed by atoms with Crippen LogP contribution in [0, 0.1) is 0 Å². The van der Waals surface area contributed by atoms with Crippen LogP contribution in [-0.2, 0) is 4.79 Å². The normalized spacial score (nSPS) is 13.4. The Labute approximate surface area is 141 Å². The van der Waals surface area contributed by atoms with Gasteiger partial charge in [0.2, 0.25) is 0 Å². The van der Waals surface area contributed by atoms with Crippen molar-refractivity contribution in [2.75, 3.05) is 4.90 Å². The third kappa shape index (κ3) is 2.90. The molecule has 1 heterocycles. The van der Waals surface area contributed by atoms with E-state index >= 15 is 0 Å². The van der Waals surface area contributed by atoms with Gasteiger partial charge in [-0.15, -0.1) is 0 Å². The van der Waals surface area contributed by atoms with Crippen molar-refractivity contribution in [1.29, 1.82) is 0 Å². The van der Waals surface area contributed by atoms with Crippen LogP contribution in [-0.4, -0.2) is 34.0 Å². The topological polar surface area (TPSA) is 112 Å². The highest BCUT2D eigenvalue weighted by molar-refractivity contribution is 6.34. The number of carbonyl (C=O) groups excluding carboxylic acids is 2. The lowest BCUT2D eigenvalue weighted by molar-refractivity contribution is -0.131. The van der Waals surface area contributed by atoms with E-state index in [0.29, 0.717) is 5.56 Å². The van der Waals surface area contributed by atoms with Crippen molar-refractivity contribution in [3.63, 3.8) is 0 Å². The molecule has 0 unspecified atom stereocenters. The van der Waals surface area contributed by atoms with Gasteiger partial charge in [0.1, 0.15) is 0 Å². The number of benzene rings is 2. The fourth-order valence-corrected chi connectivity index (χ4v) is 2.54. The molecule has 2 N–H and O–H groups in total. The van der Waals surface area contributed by atoms with E-state index in [-0.39, 0.29) is 22.4 Å². The third-order valence-electron chi connectivity index (χ3n) is 3.68. The molecule has 0 saturated carbocycles. The lowest BCUT2D eigenvalue weighted by Crippen LogP contribution is -2.29. The minimum Gasteiger partial charge on any atom is -0.478 e. The minimum absolute atomic E-state index is 0.0244. The van der Waals surface area contributed by atoms with Crippen LogP contribution in [0.1, 0.15) is 36.6 Å². The summed E-state index contributed by atoms with van der Waals surface area (Å²) in [6.45, 7) is 0. The van der Waals surface area contributed by atoms with Crippen molar-refractivity contribution in [2.45, 2.75) is 0 Å². The molecule has 1 aliphatic heterocycles. The van der Waals surface area contributed by atoms with Crippen LogP contribution in [0.2, 0.25) is 0 Å². The molecule has 0 fully saturated rings. The summed E-state index contributed by atoms with van der Waals surface area (Å²) in [4.78, 5) is 47.7. The van der Waals surface area contributed by atoms with Crippen LogP contribution >= 0.6 is 0 Å². The molecule has 0 saturated heterocycles. The molecule has 3 rings (SSSR count). The van der Waals surface area contributed by atoms with E-state index < -0.39 is 23.8 Å². The Morgan fingerprint density at radius 2 is 1.64 bits per heavy atom. The van der Waals surface area contributed by atoms with Crippen molar-refractivity contribution in [3.05, 3.63) is 70.8 Å². The van der Waals surface area contributed by atoms with E-state index in [4.69, 9.17) is 10.2 Å². The quantitative estimate of drug-likeness (QED) is 0.654. The number of aliphatic carboxylic acids is 1. The molecule has 0 spiro atoms. The standard InChI is InChI=1S/C18H11NO6/c20-15(21)7-4-10-2-1-3-12(8-10)19-16(22)13-6-5-11(18(24)25)9-14(13)17(19)23/h1-9H,(H,20,21)(H,24,25). The third-order valence-corrected chi connectivity index (χ3v) is 3.68. The maximum atomic E-state index is 12.6. The summed E-state index contributed by atoms with van der Waals surface area (Å²) >= 11 is 0. The molecule has 2 amide bonds. The first-order valence-corrected chi connectivity index (χ1v) is 7.15. The first kappa shape index (κ1) is 16.1. The summed E-state index contributed by atoms with van der Waals surface area (Å²) in [6.07, 6.45) is 2.28. The van der Waals surface area contributed by atoms with Crippen LogP contribution in [0.3, 0.4) is 0 Å². The van der Waals surface area contributed by atoms with Gasteiger partial charge in [-0.3, -0.25) is 9.59 Å². The SMILES string of the molecule is O=C(O)C=Cc1cccc(N2C(=O)c3ccc(C(=O)O)cc3C2=O)c1. The van der Waals surface area contributed by atoms with Gasteiger partial charge in [-0.25, -0.2) is 14.5 Å². The van der Waals surface area contributed by atoms with Crippen LogP contribution in [0.15, 0.2) is 48.5 Å². The molecule has 7 nitrogen and oxygen atoms in total. The monoisotopic (exact) mass is 337 g/mol. The van der Waals surface area contributed by atoms with Gasteiger partial charge < -0.3 is 10.2 Å². The van der Waals surface area contributed by atoms with E-state index in [9.17, 15) is 19.2 Å². The molecular weight excluding hydrogens is 326 g/mol. The fraction of sp³-hybridized carbons (Fsp3) is 0. The van der Waals surface area contributed by atoms with Crippen molar-refractivity contribution >= 4 is 35.5 Å². The summed E-state index contributed by atoms with van der Waals surface area (Å²) in [5, 5.41) is 17.7. The molecule has 1 aliphatic rings. The van der Waals surface area contributed by atoms with Crippen LogP contribution < -0.4 is 4.90 Å². The van der Waals surface area contributed by atoms with E-state index in [1.807, 2.05) is 0 Å². The Balaban J connectivity index is 2.01. The summed E-state index contributed by atoms with van der Waals surface area (Å²) in [6, 6.07) is 10.0. The zero-order chi connectivity index (χ0) is 18.1. The number of rotatable bonds is 4. The second-order valence-electron chi connectivity index (χ2n) is 5.28. The highest BCUT2D eigenvalue weighted by Gasteiger charge is 2.37. The molecule has 7 heteroatoms. The minimum atomic E-state index is -1.19. The molecule has 2 aromatic rings. The number of imide groups is 1. The predicted octanol–water partition coefficient (Wildman–Crippen LogP) is 2.28. The van der Waals surface area contributed by atoms with E-state index in [2.05, 4.69) is 0 Å². The maximum absolute atomic E-state index is 12.6. The molecule has 25 heavy (non-hydrogen) atoms. The number of anilines is 1. The lowest BCUT2D eigenvalue weighted by atomic mass is 10.1. The number of hydrogen-bond acceptors (Lipinski definition) is 4. The summed E-state index contributed by atoms with van der Waals surface area (Å²) < 4.78 is 0. The van der Waals surface area contributed by atoms with Gasteiger partial charge in [0.05, 0.1) is 22.4 Å². The number of carboxylic acid groups (broad SMARTS) is 2. The average molecular weight is 337 g/mol. The van der Waals surface area contributed by atoms with Crippen molar-refractivity contribution < 1.29 is 29.4 Å². The highest BCUT2D eigenvalue weighted by atomic mass is 16.4. The molecule has 0 aromatic heterocycles. The number of amides is 2. The van der Waals surface area contributed by atoms with Gasteiger partial charge in [0, 0.05) is 6.08 Å². The largest absolute Gasteiger partial charge is 0.478 e. The van der Waals surface area contributed by atoms with Crippen molar-refractivity contribution in [1.82, 2.24) is 0 Å². The van der Waals surface area contributed by atoms with Crippen molar-refractivity contribution in [3.8, 4) is 0 Å². The van der Waals surface area contributed by atoms with Gasteiger partial charge in [-0.2, -0.15) is 0 Å². The Hall–Kier alpha value is -3.74. The number of nitrogens with zero attached hydrogens (tertiary/aromatic N) is 1. The summed E-state index contributed by atoms with van der Waals surface area (Å²) in [5.41, 5.74) is 0.844. The molecule has 0 atom stereocenters. The molecular formula is C18H11NO6. The lowest BCUT2D eigenvalue weighted by Gasteiger charge is -2.14. The van der Waals surface area contributed by atoms with Gasteiger partial charge in [-0.05, 0) is 42.0 Å². The van der Waals surface area contributed by atoms with Crippen LogP contribution in [0.4, 0.5) is 5.69 Å². The second kappa shape index (κ2) is 6.04. The second-order valence-corrected chi connectivity index (χ2v) is 5.28. The fourth-order valence-electron chi connectivity index (χ4n) is 2.54. The Morgan fingerprint density at radius 3 is 2.32 bits per heavy atom. The number of aromatic carboxylic acids is 1. The van der Waals surface area contributed by atoms with E-state index in [1.165, 1.54) is 36.4 Å². The van der Waals surface area contributed by atoms with E-state index in [0.717, 1.165) is 11.0 Å². The van der Waals surface area contributed by atoms with E-state index in [1.54, 1.807) is 12.1 Å². The Kier molecular flexibility index (Phi) is 3.90. The van der Waals surface area contributed by atoms with Gasteiger partial charge >= 0.3 is 11.9 Å². The highest BCUT2D eigenvalue weighted by Crippen LogP contribution is 2.29. The molecule has 0 bridgehead atoms. The predicted molar refractivity (Wildman–Crippen MR) is 87.7 cm³/mol. The smallest absolute Gasteiger partial charge is 0.335 e. The zero-order valence-electron chi connectivity index (χ0n) is 12.7. The first-order valence-electron chi connectivity index (χ1n) is 7.15. The molecule has 2 aromatic carbocycles. The number of fused-ring (bicyclic) bond motifs is 1. The first-order chi connectivity index (χ1) is 11.9. The number of carboxylic acids is 2. The van der Waals surface area contributed by atoms with Crippen LogP contribution in [0.5, 0.6) is 0 Å². The zero-order valence-corrected chi connectivity index (χ0v) is 12.7. The van der Waals surface area contributed by atoms with Gasteiger partial charge in [0.25, 0.3) is 11.8 Å². The molecule has 0 aliphatic carbocycles. The number of carbonyl (C=O) groups is 4. The summed E-state index contributed by atoms with van der Waals surface area (Å²) in [7, 11) is 0. The maximum Gasteiger partial charge on any atom is 0.335 e. The van der Waals surface area contributed by atoms with Gasteiger partial charge in [0.15, 0.2) is 0 Å². The Bertz CT molecular complexity index is 960. The number of hydrogen-bond donors (Lipinski definition) is 2. The van der Waals surface area contributed by atoms with Crippen molar-refractivity contribution in [2.24, 2.45) is 0 Å². The molecule has 0 radical (unpaired) electrons.